The first-order valence-corrected chi connectivity index (χ1v) is 18.8. The molecular formula is C51H32N4O. The topological polar surface area (TPSA) is 56.7 Å². The smallest absolute Gasteiger partial charge is 0.164 e. The summed E-state index contributed by atoms with van der Waals surface area (Å²) in [5.74, 6) is 1.82. The van der Waals surface area contributed by atoms with Crippen molar-refractivity contribution >= 4 is 43.7 Å². The Labute approximate surface area is 322 Å². The van der Waals surface area contributed by atoms with Crippen molar-refractivity contribution in [2.45, 2.75) is 0 Å². The van der Waals surface area contributed by atoms with Crippen molar-refractivity contribution in [1.29, 1.82) is 0 Å². The molecule has 11 rings (SSSR count). The van der Waals surface area contributed by atoms with E-state index < -0.39 is 0 Å². The zero-order valence-corrected chi connectivity index (χ0v) is 30.2. The largest absolute Gasteiger partial charge is 0.455 e. The highest BCUT2D eigenvalue weighted by molar-refractivity contribution is 6.17. The molecule has 0 N–H and O–H groups in total. The lowest BCUT2D eigenvalue weighted by Crippen LogP contribution is -2.00. The third-order valence-corrected chi connectivity index (χ3v) is 10.7. The standard InChI is InChI=1S/C51H32N4O/c1-5-15-33(16-6-1)37-26-29-44-42(31-37)40-23-13-14-24-43(40)55(44)45-30-28-39(34-17-7-2-8-18-34)48-47(45)41-27-25-38(32-46(41)56-48)51-53-49(35-19-9-3-10-20-35)52-50(54-51)36-21-11-4-12-22-36/h1-32H. The van der Waals surface area contributed by atoms with Crippen LogP contribution >= 0.6 is 0 Å². The van der Waals surface area contributed by atoms with Crippen molar-refractivity contribution in [3.05, 3.63) is 194 Å². The lowest BCUT2D eigenvalue weighted by Gasteiger charge is -2.12. The number of para-hydroxylation sites is 1. The highest BCUT2D eigenvalue weighted by Crippen LogP contribution is 2.43. The van der Waals surface area contributed by atoms with Crippen LogP contribution in [0, 0.1) is 0 Å². The van der Waals surface area contributed by atoms with E-state index in [1.54, 1.807) is 0 Å². The van der Waals surface area contributed by atoms with Gasteiger partial charge in [0.05, 0.1) is 22.1 Å². The summed E-state index contributed by atoms with van der Waals surface area (Å²) in [6, 6.07) is 67.4. The van der Waals surface area contributed by atoms with Gasteiger partial charge in [0, 0.05) is 38.4 Å². The van der Waals surface area contributed by atoms with E-state index in [1.165, 1.54) is 21.9 Å². The number of fused-ring (bicyclic) bond motifs is 6. The van der Waals surface area contributed by atoms with Crippen LogP contribution in [0.4, 0.5) is 0 Å². The van der Waals surface area contributed by atoms with Gasteiger partial charge in [-0.05, 0) is 59.2 Å². The van der Waals surface area contributed by atoms with Crippen molar-refractivity contribution in [3.8, 4) is 62.1 Å². The predicted octanol–water partition coefficient (Wildman–Crippen LogP) is 13.2. The molecule has 8 aromatic carbocycles. The molecule has 0 aliphatic heterocycles. The Morgan fingerprint density at radius 2 is 0.893 bits per heavy atom. The Morgan fingerprint density at radius 1 is 0.357 bits per heavy atom. The Kier molecular flexibility index (Phi) is 7.42. The minimum absolute atomic E-state index is 0.584. The SMILES string of the molecule is c1ccc(-c2ccc3c(c2)c2ccccc2n3-c2ccc(-c3ccccc3)c3oc4cc(-c5nc(-c6ccccc6)nc(-c6ccccc6)n5)ccc4c23)cc1. The zero-order chi connectivity index (χ0) is 37.0. The molecule has 0 aliphatic rings. The monoisotopic (exact) mass is 716 g/mol. The van der Waals surface area contributed by atoms with Gasteiger partial charge in [-0.3, -0.25) is 0 Å². The molecule has 0 amide bonds. The van der Waals surface area contributed by atoms with E-state index in [1.807, 2.05) is 66.7 Å². The fourth-order valence-electron chi connectivity index (χ4n) is 8.01. The maximum atomic E-state index is 6.99. The second-order valence-electron chi connectivity index (χ2n) is 14.0. The first-order valence-electron chi connectivity index (χ1n) is 18.8. The van der Waals surface area contributed by atoms with Gasteiger partial charge in [0.15, 0.2) is 17.5 Å². The second kappa shape index (κ2) is 13.0. The number of rotatable bonds is 6. The van der Waals surface area contributed by atoms with Gasteiger partial charge in [-0.2, -0.15) is 0 Å². The number of hydrogen-bond acceptors (Lipinski definition) is 4. The van der Waals surface area contributed by atoms with Crippen molar-refractivity contribution in [1.82, 2.24) is 19.5 Å². The normalized spacial score (nSPS) is 11.6. The molecule has 3 heterocycles. The lowest BCUT2D eigenvalue weighted by atomic mass is 10.00. The summed E-state index contributed by atoms with van der Waals surface area (Å²) in [4.78, 5) is 14.9. The predicted molar refractivity (Wildman–Crippen MR) is 229 cm³/mol. The third-order valence-electron chi connectivity index (χ3n) is 10.7. The molecule has 0 bridgehead atoms. The summed E-state index contributed by atoms with van der Waals surface area (Å²) < 4.78 is 9.38. The molecule has 5 heteroatoms. The third kappa shape index (κ3) is 5.29. The fraction of sp³-hybridized carbons (Fsp3) is 0. The molecule has 0 radical (unpaired) electrons. The summed E-state index contributed by atoms with van der Waals surface area (Å²) >= 11 is 0. The molecule has 0 spiro atoms. The van der Waals surface area contributed by atoms with Crippen LogP contribution in [0.15, 0.2) is 199 Å². The van der Waals surface area contributed by atoms with E-state index in [4.69, 9.17) is 19.4 Å². The maximum absolute atomic E-state index is 6.99. The van der Waals surface area contributed by atoms with Crippen molar-refractivity contribution in [3.63, 3.8) is 0 Å². The number of benzene rings is 8. The van der Waals surface area contributed by atoms with Gasteiger partial charge >= 0.3 is 0 Å². The van der Waals surface area contributed by atoms with Crippen LogP contribution in [0.5, 0.6) is 0 Å². The highest BCUT2D eigenvalue weighted by atomic mass is 16.3. The Balaban J connectivity index is 1.15. The van der Waals surface area contributed by atoms with Crippen molar-refractivity contribution in [2.24, 2.45) is 0 Å². The fourth-order valence-corrected chi connectivity index (χ4v) is 8.01. The van der Waals surface area contributed by atoms with Crippen LogP contribution in [0.2, 0.25) is 0 Å². The highest BCUT2D eigenvalue weighted by Gasteiger charge is 2.22. The quantitative estimate of drug-likeness (QED) is 0.172. The summed E-state index contributed by atoms with van der Waals surface area (Å²) in [5.41, 5.74) is 12.1. The van der Waals surface area contributed by atoms with Gasteiger partial charge in [0.1, 0.15) is 11.2 Å². The van der Waals surface area contributed by atoms with Gasteiger partial charge in [0.2, 0.25) is 0 Å². The van der Waals surface area contributed by atoms with Gasteiger partial charge in [-0.15, -0.1) is 0 Å². The molecule has 0 saturated carbocycles. The van der Waals surface area contributed by atoms with Gasteiger partial charge in [0.25, 0.3) is 0 Å². The van der Waals surface area contributed by atoms with Gasteiger partial charge in [-0.25, -0.2) is 15.0 Å². The Bertz CT molecular complexity index is 3170. The second-order valence-corrected chi connectivity index (χ2v) is 14.0. The van der Waals surface area contributed by atoms with E-state index in [0.717, 1.165) is 66.5 Å². The zero-order valence-electron chi connectivity index (χ0n) is 30.2. The van der Waals surface area contributed by atoms with E-state index in [2.05, 4.69) is 132 Å². The Morgan fingerprint density at radius 3 is 1.55 bits per heavy atom. The summed E-state index contributed by atoms with van der Waals surface area (Å²) in [5, 5.41) is 4.47. The first kappa shape index (κ1) is 31.9. The lowest BCUT2D eigenvalue weighted by molar-refractivity contribution is 0.670. The Hall–Kier alpha value is -7.63. The molecule has 0 unspecified atom stereocenters. The number of furan rings is 1. The molecule has 0 aliphatic carbocycles. The summed E-state index contributed by atoms with van der Waals surface area (Å²) in [6.45, 7) is 0. The average molecular weight is 717 g/mol. The molecule has 262 valence electrons. The molecular weight excluding hydrogens is 685 g/mol. The van der Waals surface area contributed by atoms with Crippen LogP contribution in [-0.2, 0) is 0 Å². The first-order chi connectivity index (χ1) is 27.8. The van der Waals surface area contributed by atoms with Crippen LogP contribution in [0.25, 0.3) is 106 Å². The van der Waals surface area contributed by atoms with Crippen LogP contribution in [0.3, 0.4) is 0 Å². The van der Waals surface area contributed by atoms with E-state index in [-0.39, 0.29) is 0 Å². The van der Waals surface area contributed by atoms with E-state index in [9.17, 15) is 0 Å². The van der Waals surface area contributed by atoms with Crippen LogP contribution in [0.1, 0.15) is 0 Å². The minimum atomic E-state index is 0.584. The number of nitrogens with zero attached hydrogens (tertiary/aromatic N) is 4. The molecule has 0 saturated heterocycles. The average Bonchev–Trinajstić information content (AvgIpc) is 3.83. The van der Waals surface area contributed by atoms with Crippen LogP contribution < -0.4 is 0 Å². The molecule has 56 heavy (non-hydrogen) atoms. The van der Waals surface area contributed by atoms with Crippen molar-refractivity contribution in [2.75, 3.05) is 0 Å². The molecule has 5 nitrogen and oxygen atoms in total. The minimum Gasteiger partial charge on any atom is -0.455 e. The maximum Gasteiger partial charge on any atom is 0.164 e. The summed E-state index contributed by atoms with van der Waals surface area (Å²) in [7, 11) is 0. The summed E-state index contributed by atoms with van der Waals surface area (Å²) in [6.07, 6.45) is 0. The molecule has 3 aromatic heterocycles. The van der Waals surface area contributed by atoms with Gasteiger partial charge < -0.3 is 8.98 Å². The van der Waals surface area contributed by atoms with E-state index >= 15 is 0 Å². The van der Waals surface area contributed by atoms with Crippen LogP contribution in [-0.4, -0.2) is 19.5 Å². The van der Waals surface area contributed by atoms with E-state index in [0.29, 0.717) is 17.5 Å². The van der Waals surface area contributed by atoms with Gasteiger partial charge in [-0.1, -0.05) is 152 Å². The van der Waals surface area contributed by atoms with Crippen molar-refractivity contribution < 1.29 is 4.42 Å². The number of hydrogen-bond donors (Lipinski definition) is 0. The molecule has 0 fully saturated rings. The molecule has 0 atom stereocenters. The number of aromatic nitrogens is 4. The molecule has 11 aromatic rings.